The predicted molar refractivity (Wildman–Crippen MR) is 56.1 cm³/mol. The minimum Gasteiger partial charge on any atom is -0.322 e. The molecule has 0 spiro atoms. The van der Waals surface area contributed by atoms with Crippen LogP contribution in [-0.2, 0) is 11.3 Å². The average molecular weight is 218 g/mol. The van der Waals surface area contributed by atoms with E-state index >= 15 is 0 Å². The minimum atomic E-state index is -0.456. The van der Waals surface area contributed by atoms with E-state index in [1.54, 1.807) is 24.4 Å². The highest BCUT2D eigenvalue weighted by molar-refractivity contribution is 5.90. The number of carbonyl (C=O) groups excluding carboxylic acids is 1. The van der Waals surface area contributed by atoms with E-state index in [9.17, 15) is 9.18 Å². The molecule has 1 aromatic heterocycles. The van der Waals surface area contributed by atoms with Crippen LogP contribution < -0.4 is 5.32 Å². The molecule has 1 N–H and O–H groups in total. The van der Waals surface area contributed by atoms with Crippen LogP contribution in [0.1, 0.15) is 0 Å². The Morgan fingerprint density at radius 1 is 1.50 bits per heavy atom. The van der Waals surface area contributed by atoms with Gasteiger partial charge in [0.05, 0.1) is 5.69 Å². The molecule has 1 heterocycles. The van der Waals surface area contributed by atoms with Gasteiger partial charge >= 0.3 is 0 Å². The van der Waals surface area contributed by atoms with Crippen LogP contribution in [0, 0.1) is 12.0 Å². The molecule has 5 heteroatoms. The molecule has 1 amide bonds. The van der Waals surface area contributed by atoms with Crippen LogP contribution in [0.4, 0.5) is 10.1 Å². The van der Waals surface area contributed by atoms with Crippen LogP contribution in [0.2, 0.25) is 0 Å². The maximum Gasteiger partial charge on any atom is 0.246 e. The summed E-state index contributed by atoms with van der Waals surface area (Å²) in [7, 11) is 0. The summed E-state index contributed by atoms with van der Waals surface area (Å²) in [5.41, 5.74) is 0.170. The third-order valence-electron chi connectivity index (χ3n) is 1.96. The lowest BCUT2D eigenvalue weighted by molar-refractivity contribution is -0.116. The second-order valence-corrected chi connectivity index (χ2v) is 3.17. The molecule has 0 saturated heterocycles. The molecule has 1 aromatic carbocycles. The van der Waals surface area contributed by atoms with Crippen molar-refractivity contribution in [3.8, 4) is 0 Å². The maximum atomic E-state index is 13.2. The van der Waals surface area contributed by atoms with E-state index in [4.69, 9.17) is 0 Å². The lowest BCUT2D eigenvalue weighted by Gasteiger charge is -2.05. The van der Waals surface area contributed by atoms with Crippen molar-refractivity contribution >= 4 is 11.6 Å². The highest BCUT2D eigenvalue weighted by Gasteiger charge is 2.06. The average Bonchev–Trinajstić information content (AvgIpc) is 2.74. The standard InChI is InChI=1S/C11H9FN3O/c12-9-4-1-2-5-10(9)14-11(16)8-15-7-3-6-13-15/h1-5,7H,8H2,(H,14,16). The third-order valence-corrected chi connectivity index (χ3v) is 1.96. The fourth-order valence-corrected chi connectivity index (χ4v) is 1.25. The zero-order valence-corrected chi connectivity index (χ0v) is 8.35. The first-order chi connectivity index (χ1) is 7.75. The third kappa shape index (κ3) is 2.44. The van der Waals surface area contributed by atoms with E-state index in [1.165, 1.54) is 16.8 Å². The molecule has 2 aromatic rings. The van der Waals surface area contributed by atoms with Crippen molar-refractivity contribution in [2.75, 3.05) is 5.32 Å². The number of rotatable bonds is 3. The number of benzene rings is 1. The van der Waals surface area contributed by atoms with Crippen LogP contribution in [0.15, 0.2) is 36.5 Å². The SMILES string of the molecule is O=C(Cn1cc[c]n1)Nc1ccccc1F. The van der Waals surface area contributed by atoms with Gasteiger partial charge in [-0.2, -0.15) is 5.10 Å². The molecule has 16 heavy (non-hydrogen) atoms. The topological polar surface area (TPSA) is 46.9 Å². The minimum absolute atomic E-state index is 0.0395. The molecule has 0 fully saturated rings. The summed E-state index contributed by atoms with van der Waals surface area (Å²) < 4.78 is 14.6. The Hall–Kier alpha value is -2.17. The zero-order valence-electron chi connectivity index (χ0n) is 8.35. The summed E-state index contributed by atoms with van der Waals surface area (Å²) in [6.45, 7) is 0.0395. The molecule has 81 valence electrons. The fourth-order valence-electron chi connectivity index (χ4n) is 1.25. The number of halogens is 1. The van der Waals surface area contributed by atoms with Gasteiger partial charge in [-0.05, 0) is 18.2 Å². The van der Waals surface area contributed by atoms with Crippen LogP contribution in [0.25, 0.3) is 0 Å². The summed E-state index contributed by atoms with van der Waals surface area (Å²) >= 11 is 0. The van der Waals surface area contributed by atoms with E-state index in [2.05, 4.69) is 16.6 Å². The van der Waals surface area contributed by atoms with Crippen molar-refractivity contribution in [1.82, 2.24) is 9.78 Å². The quantitative estimate of drug-likeness (QED) is 0.847. The summed E-state index contributed by atoms with van der Waals surface area (Å²) in [6.07, 6.45) is 4.18. The highest BCUT2D eigenvalue weighted by Crippen LogP contribution is 2.11. The van der Waals surface area contributed by atoms with E-state index in [1.807, 2.05) is 0 Å². The first-order valence-corrected chi connectivity index (χ1v) is 4.69. The van der Waals surface area contributed by atoms with Gasteiger partial charge in [-0.15, -0.1) is 0 Å². The van der Waals surface area contributed by atoms with E-state index in [-0.39, 0.29) is 18.1 Å². The first-order valence-electron chi connectivity index (χ1n) is 4.69. The first kappa shape index (κ1) is 10.4. The van der Waals surface area contributed by atoms with Gasteiger partial charge in [-0.3, -0.25) is 9.48 Å². The molecule has 0 bridgehead atoms. The second-order valence-electron chi connectivity index (χ2n) is 3.17. The molecule has 0 aliphatic carbocycles. The Balaban J connectivity index is 2.00. The molecule has 4 nitrogen and oxygen atoms in total. The van der Waals surface area contributed by atoms with Gasteiger partial charge in [0.25, 0.3) is 0 Å². The van der Waals surface area contributed by atoms with Crippen molar-refractivity contribution in [3.05, 3.63) is 48.5 Å². The molecule has 0 atom stereocenters. The number of nitrogens with one attached hydrogen (secondary N) is 1. The van der Waals surface area contributed by atoms with Gasteiger partial charge in [0, 0.05) is 6.20 Å². The molecular formula is C11H9FN3O. The largest absolute Gasteiger partial charge is 0.322 e. The number of hydrogen-bond acceptors (Lipinski definition) is 2. The highest BCUT2D eigenvalue weighted by atomic mass is 19.1. The fraction of sp³-hybridized carbons (Fsp3) is 0.0909. The van der Waals surface area contributed by atoms with Gasteiger partial charge in [0.15, 0.2) is 0 Å². The number of nitrogens with zero attached hydrogens (tertiary/aromatic N) is 2. The Kier molecular flexibility index (Phi) is 2.95. The summed E-state index contributed by atoms with van der Waals surface area (Å²) in [5, 5.41) is 6.22. The van der Waals surface area contributed by atoms with Gasteiger partial charge in [0.1, 0.15) is 18.6 Å². The molecule has 0 aliphatic rings. The molecule has 0 aliphatic heterocycles. The van der Waals surface area contributed by atoms with E-state index < -0.39 is 5.82 Å². The summed E-state index contributed by atoms with van der Waals surface area (Å²) in [5.74, 6) is -0.787. The lowest BCUT2D eigenvalue weighted by atomic mass is 10.3. The molecule has 0 saturated carbocycles. The number of aromatic nitrogens is 2. The van der Waals surface area contributed by atoms with Crippen LogP contribution >= 0.6 is 0 Å². The number of para-hydroxylation sites is 1. The van der Waals surface area contributed by atoms with Crippen molar-refractivity contribution < 1.29 is 9.18 Å². The van der Waals surface area contributed by atoms with Gasteiger partial charge < -0.3 is 5.32 Å². The summed E-state index contributed by atoms with van der Waals surface area (Å²) in [4.78, 5) is 11.5. The van der Waals surface area contributed by atoms with E-state index in [0.29, 0.717) is 0 Å². The number of hydrogen-bond donors (Lipinski definition) is 1. The van der Waals surface area contributed by atoms with Crippen molar-refractivity contribution in [2.45, 2.75) is 6.54 Å². The normalized spacial score (nSPS) is 10.1. The Labute approximate surface area is 91.7 Å². The molecule has 0 unspecified atom stereocenters. The monoisotopic (exact) mass is 218 g/mol. The Morgan fingerprint density at radius 2 is 2.31 bits per heavy atom. The zero-order chi connectivity index (χ0) is 11.4. The predicted octanol–water partition coefficient (Wildman–Crippen LogP) is 1.46. The summed E-state index contributed by atoms with van der Waals surface area (Å²) in [6, 6.07) is 7.60. The van der Waals surface area contributed by atoms with Gasteiger partial charge in [0.2, 0.25) is 5.91 Å². The maximum absolute atomic E-state index is 13.2. The van der Waals surface area contributed by atoms with Crippen molar-refractivity contribution in [2.24, 2.45) is 0 Å². The van der Waals surface area contributed by atoms with Gasteiger partial charge in [-0.25, -0.2) is 4.39 Å². The lowest BCUT2D eigenvalue weighted by Crippen LogP contribution is -2.19. The number of amides is 1. The second kappa shape index (κ2) is 4.57. The van der Waals surface area contributed by atoms with Gasteiger partial charge in [-0.1, -0.05) is 12.1 Å². The Morgan fingerprint density at radius 3 is 3.00 bits per heavy atom. The van der Waals surface area contributed by atoms with Crippen LogP contribution in [0.3, 0.4) is 0 Å². The Bertz CT molecular complexity index is 482. The van der Waals surface area contributed by atoms with Crippen molar-refractivity contribution in [3.63, 3.8) is 0 Å². The molecule has 2 rings (SSSR count). The molecular weight excluding hydrogens is 209 g/mol. The van der Waals surface area contributed by atoms with E-state index in [0.717, 1.165) is 0 Å². The number of carbonyl (C=O) groups is 1. The van der Waals surface area contributed by atoms with Crippen LogP contribution in [0.5, 0.6) is 0 Å². The van der Waals surface area contributed by atoms with Crippen LogP contribution in [-0.4, -0.2) is 15.7 Å². The smallest absolute Gasteiger partial charge is 0.246 e. The van der Waals surface area contributed by atoms with Crippen molar-refractivity contribution in [1.29, 1.82) is 0 Å². The molecule has 1 radical (unpaired) electrons. The number of anilines is 1.